The third kappa shape index (κ3) is 5.57. The van der Waals surface area contributed by atoms with Gasteiger partial charge in [0, 0.05) is 25.1 Å². The van der Waals surface area contributed by atoms with E-state index in [0.717, 1.165) is 34.9 Å². The number of alkyl halides is 1. The molecule has 2 fully saturated rings. The van der Waals surface area contributed by atoms with Crippen LogP contribution >= 0.6 is 0 Å². The van der Waals surface area contributed by atoms with Crippen LogP contribution in [-0.4, -0.2) is 64.9 Å². The number of aryl methyl sites for hydroxylation is 1. The van der Waals surface area contributed by atoms with E-state index in [2.05, 4.69) is 4.98 Å². The van der Waals surface area contributed by atoms with Gasteiger partial charge in [0.05, 0.1) is 55.8 Å². The predicted molar refractivity (Wildman–Crippen MR) is 148 cm³/mol. The molecule has 1 saturated carbocycles. The summed E-state index contributed by atoms with van der Waals surface area (Å²) in [6, 6.07) is 9.70. The zero-order valence-electron chi connectivity index (χ0n) is 23.1. The number of amides is 1. The third-order valence-electron chi connectivity index (χ3n) is 8.41. The number of carbonyl (C=O) groups excluding carboxylic acids is 2. The highest BCUT2D eigenvalue weighted by molar-refractivity contribution is 5.95. The van der Waals surface area contributed by atoms with Crippen LogP contribution in [0.3, 0.4) is 0 Å². The van der Waals surface area contributed by atoms with Crippen molar-refractivity contribution in [2.24, 2.45) is 13.0 Å². The van der Waals surface area contributed by atoms with Gasteiger partial charge in [-0.15, -0.1) is 0 Å². The van der Waals surface area contributed by atoms with Gasteiger partial charge in [0.2, 0.25) is 11.8 Å². The molecular formula is C31H33F2N3O5. The fourth-order valence-electron chi connectivity index (χ4n) is 6.20. The molecule has 1 aliphatic carbocycles. The highest BCUT2D eigenvalue weighted by Gasteiger charge is 2.36. The van der Waals surface area contributed by atoms with Crippen LogP contribution in [0.25, 0.3) is 33.5 Å². The first-order valence-electron chi connectivity index (χ1n) is 14.1. The number of hydrogen-bond donors (Lipinski definition) is 0. The van der Waals surface area contributed by atoms with Crippen molar-refractivity contribution < 1.29 is 32.3 Å². The Morgan fingerprint density at radius 2 is 1.93 bits per heavy atom. The Labute approximate surface area is 236 Å². The standard InChI is InChI=1S/C31H33F2N3O5/c1-35-16-25(24-9-6-20(32)14-27(24)35)30-34-26-10-3-18(11-28(26)41-30)12-29(37)36-15-21(33)13-22(36)17-40-23-7-4-19(5-8-23)31(38)39-2/h3,6,9-11,14,16,19,21-23H,4-5,7-8,12-13,15,17H2,1-2H3/t19?,21-,22-,23?/m0/s1. The molecule has 1 saturated heterocycles. The van der Waals surface area contributed by atoms with E-state index in [1.807, 2.05) is 29.9 Å². The zero-order valence-corrected chi connectivity index (χ0v) is 23.1. The SMILES string of the molecule is COC(=O)C1CCC(OC[C@@H]2C[C@H](F)CN2C(=O)Cc2ccc3nc(-c4cn(C)c5cc(F)ccc45)oc3c2)CC1. The lowest BCUT2D eigenvalue weighted by Crippen LogP contribution is -2.40. The van der Waals surface area contributed by atoms with Crippen LogP contribution in [0.5, 0.6) is 0 Å². The number of aromatic nitrogens is 2. The van der Waals surface area contributed by atoms with Crippen LogP contribution < -0.4 is 0 Å². The average Bonchev–Trinajstić information content (AvgIpc) is 3.66. The van der Waals surface area contributed by atoms with Gasteiger partial charge < -0.3 is 23.4 Å². The number of methoxy groups -OCH3 is 1. The monoisotopic (exact) mass is 565 g/mol. The van der Waals surface area contributed by atoms with Crippen molar-refractivity contribution in [2.45, 2.75) is 56.8 Å². The number of oxazole rings is 1. The van der Waals surface area contributed by atoms with E-state index in [4.69, 9.17) is 13.9 Å². The first-order chi connectivity index (χ1) is 19.8. The summed E-state index contributed by atoms with van der Waals surface area (Å²) in [6.07, 6.45) is 4.03. The summed E-state index contributed by atoms with van der Waals surface area (Å²) in [4.78, 5) is 31.3. The Hall–Kier alpha value is -3.79. The van der Waals surface area contributed by atoms with Crippen molar-refractivity contribution in [3.63, 3.8) is 0 Å². The third-order valence-corrected chi connectivity index (χ3v) is 8.41. The maximum Gasteiger partial charge on any atom is 0.308 e. The van der Waals surface area contributed by atoms with Crippen LogP contribution in [0.4, 0.5) is 8.78 Å². The lowest BCUT2D eigenvalue weighted by molar-refractivity contribution is -0.148. The van der Waals surface area contributed by atoms with Crippen LogP contribution in [-0.2, 0) is 32.5 Å². The van der Waals surface area contributed by atoms with E-state index in [-0.39, 0.29) is 61.8 Å². The number of nitrogens with zero attached hydrogens (tertiary/aromatic N) is 3. The fraction of sp³-hybridized carbons (Fsp3) is 0.452. The van der Waals surface area contributed by atoms with Gasteiger partial charge in [0.25, 0.3) is 0 Å². The normalized spacial score (nSPS) is 23.0. The number of ether oxygens (including phenoxy) is 2. The number of esters is 1. The minimum atomic E-state index is -1.09. The number of benzene rings is 2. The van der Waals surface area contributed by atoms with Crippen LogP contribution in [0.15, 0.2) is 47.0 Å². The minimum absolute atomic E-state index is 0.00432. The van der Waals surface area contributed by atoms with Crippen molar-refractivity contribution >= 4 is 33.9 Å². The molecule has 1 amide bonds. The zero-order chi connectivity index (χ0) is 28.7. The molecule has 0 N–H and O–H groups in total. The molecule has 6 rings (SSSR count). The Balaban J connectivity index is 1.11. The highest BCUT2D eigenvalue weighted by Crippen LogP contribution is 2.33. The number of hydrogen-bond acceptors (Lipinski definition) is 6. The highest BCUT2D eigenvalue weighted by atomic mass is 19.1. The summed E-state index contributed by atoms with van der Waals surface area (Å²) in [6.45, 7) is 0.331. The Bertz CT molecular complexity index is 1590. The molecule has 41 heavy (non-hydrogen) atoms. The largest absolute Gasteiger partial charge is 0.469 e. The smallest absolute Gasteiger partial charge is 0.308 e. The van der Waals surface area contributed by atoms with Crippen LogP contribution in [0.1, 0.15) is 37.7 Å². The first kappa shape index (κ1) is 27.4. The van der Waals surface area contributed by atoms with Crippen molar-refractivity contribution in [2.75, 3.05) is 20.3 Å². The molecular weight excluding hydrogens is 532 g/mol. The molecule has 0 spiro atoms. The van der Waals surface area contributed by atoms with Gasteiger partial charge in [0.15, 0.2) is 5.58 Å². The Morgan fingerprint density at radius 1 is 1.12 bits per heavy atom. The predicted octanol–water partition coefficient (Wildman–Crippen LogP) is 5.36. The summed E-state index contributed by atoms with van der Waals surface area (Å²) in [5.41, 5.74) is 3.42. The molecule has 1 aliphatic heterocycles. The first-order valence-corrected chi connectivity index (χ1v) is 14.1. The van der Waals surface area contributed by atoms with Gasteiger partial charge in [0.1, 0.15) is 17.5 Å². The summed E-state index contributed by atoms with van der Waals surface area (Å²) < 4.78 is 47.0. The molecule has 8 nitrogen and oxygen atoms in total. The van der Waals surface area contributed by atoms with Crippen molar-refractivity contribution in [3.05, 3.63) is 54.0 Å². The van der Waals surface area contributed by atoms with E-state index < -0.39 is 6.17 Å². The summed E-state index contributed by atoms with van der Waals surface area (Å²) in [5.74, 6) is -0.331. The van der Waals surface area contributed by atoms with Crippen LogP contribution in [0, 0.1) is 11.7 Å². The van der Waals surface area contributed by atoms with Crippen molar-refractivity contribution in [1.29, 1.82) is 0 Å². The lowest BCUT2D eigenvalue weighted by atomic mass is 9.87. The number of fused-ring (bicyclic) bond motifs is 2. The van der Waals surface area contributed by atoms with Gasteiger partial charge >= 0.3 is 5.97 Å². The molecule has 4 aromatic rings. The fourth-order valence-corrected chi connectivity index (χ4v) is 6.20. The van der Waals surface area contributed by atoms with Gasteiger partial charge in [-0.3, -0.25) is 9.59 Å². The quantitative estimate of drug-likeness (QED) is 0.281. The Kier molecular flexibility index (Phi) is 7.50. The number of halogens is 2. The van der Waals surface area contributed by atoms with E-state index >= 15 is 0 Å². The summed E-state index contributed by atoms with van der Waals surface area (Å²) in [7, 11) is 3.24. The van der Waals surface area contributed by atoms with Crippen molar-refractivity contribution in [3.8, 4) is 11.5 Å². The maximum absolute atomic E-state index is 14.4. The number of carbonyl (C=O) groups is 2. The Morgan fingerprint density at radius 3 is 2.71 bits per heavy atom. The average molecular weight is 566 g/mol. The molecule has 10 heteroatoms. The van der Waals surface area contributed by atoms with E-state index in [1.165, 1.54) is 19.2 Å². The molecule has 3 heterocycles. The maximum atomic E-state index is 14.4. The van der Waals surface area contributed by atoms with Gasteiger partial charge in [-0.2, -0.15) is 0 Å². The summed E-state index contributed by atoms with van der Waals surface area (Å²) >= 11 is 0. The molecule has 0 bridgehead atoms. The molecule has 0 unspecified atom stereocenters. The van der Waals surface area contributed by atoms with Gasteiger partial charge in [-0.05, 0) is 61.6 Å². The molecule has 2 aromatic heterocycles. The molecule has 216 valence electrons. The summed E-state index contributed by atoms with van der Waals surface area (Å²) in [5, 5.41) is 0.829. The molecule has 2 aromatic carbocycles. The second-order valence-corrected chi connectivity index (χ2v) is 11.2. The molecule has 2 atom stereocenters. The second-order valence-electron chi connectivity index (χ2n) is 11.2. The molecule has 2 aliphatic rings. The van der Waals surface area contributed by atoms with Crippen LogP contribution in [0.2, 0.25) is 0 Å². The van der Waals surface area contributed by atoms with E-state index in [0.29, 0.717) is 29.8 Å². The minimum Gasteiger partial charge on any atom is -0.469 e. The van der Waals surface area contributed by atoms with Crippen molar-refractivity contribution in [1.82, 2.24) is 14.5 Å². The van der Waals surface area contributed by atoms with E-state index in [1.54, 1.807) is 17.0 Å². The van der Waals surface area contributed by atoms with E-state index in [9.17, 15) is 18.4 Å². The van der Waals surface area contributed by atoms with Gasteiger partial charge in [-0.25, -0.2) is 13.8 Å². The second kappa shape index (κ2) is 11.2. The van der Waals surface area contributed by atoms with Gasteiger partial charge in [-0.1, -0.05) is 6.07 Å². The molecule has 0 radical (unpaired) electrons. The lowest BCUT2D eigenvalue weighted by Gasteiger charge is -2.30. The number of likely N-dealkylation sites (tertiary alicyclic amines) is 1. The number of rotatable bonds is 7. The topological polar surface area (TPSA) is 86.8 Å².